The van der Waals surface area contributed by atoms with Crippen LogP contribution in [-0.2, 0) is 13.7 Å². The summed E-state index contributed by atoms with van der Waals surface area (Å²) in [5.41, 5.74) is -0.158. The third kappa shape index (κ3) is 2.80. The monoisotopic (exact) mass is 447 g/mol. The molecule has 0 saturated heterocycles. The number of nitrogens with zero attached hydrogens (tertiary/aromatic N) is 5. The van der Waals surface area contributed by atoms with Crippen LogP contribution in [0.3, 0.4) is 0 Å². The van der Waals surface area contributed by atoms with Gasteiger partial charge in [0.15, 0.2) is 5.82 Å². The minimum atomic E-state index is -0.764. The van der Waals surface area contributed by atoms with Gasteiger partial charge in [-0.25, -0.2) is 4.39 Å². The van der Waals surface area contributed by atoms with Gasteiger partial charge in [-0.3, -0.25) is 23.9 Å². The zero-order valence-electron chi connectivity index (χ0n) is 14.3. The maximum Gasteiger partial charge on any atom is 0.315 e. The summed E-state index contributed by atoms with van der Waals surface area (Å²) in [6.45, 7) is -0.186. The van der Waals surface area contributed by atoms with Gasteiger partial charge in [-0.05, 0) is 34.1 Å². The second-order valence-corrected chi connectivity index (χ2v) is 6.77. The van der Waals surface area contributed by atoms with Crippen LogP contribution in [0.25, 0.3) is 16.7 Å². The van der Waals surface area contributed by atoms with Gasteiger partial charge in [0, 0.05) is 7.05 Å². The lowest BCUT2D eigenvalue weighted by atomic mass is 10.2. The Morgan fingerprint density at radius 2 is 2.04 bits per heavy atom. The van der Waals surface area contributed by atoms with Crippen molar-refractivity contribution in [3.8, 4) is 5.75 Å². The standard InChI is InChI=1S/C17H11BrFN5O4/c1-22-16(25)10-4-2-3-5-12(10)23-14(20-21-17(22)23)8-28-15-11(18)6-9(19)7-13(15)24(26)27/h2-7H,8H2,1H3. The van der Waals surface area contributed by atoms with Crippen LogP contribution in [0.1, 0.15) is 5.82 Å². The van der Waals surface area contributed by atoms with Crippen LogP contribution in [0.5, 0.6) is 5.75 Å². The fourth-order valence-corrected chi connectivity index (χ4v) is 3.48. The predicted molar refractivity (Wildman–Crippen MR) is 101 cm³/mol. The number of hydrogen-bond acceptors (Lipinski definition) is 6. The molecule has 28 heavy (non-hydrogen) atoms. The summed E-state index contributed by atoms with van der Waals surface area (Å²) in [6, 6.07) is 8.79. The first-order chi connectivity index (χ1) is 13.4. The highest BCUT2D eigenvalue weighted by atomic mass is 79.9. The number of rotatable bonds is 4. The molecule has 2 aromatic heterocycles. The minimum Gasteiger partial charge on any atom is -0.478 e. The quantitative estimate of drug-likeness (QED) is 0.351. The van der Waals surface area contributed by atoms with E-state index < -0.39 is 16.4 Å². The van der Waals surface area contributed by atoms with E-state index in [2.05, 4.69) is 26.1 Å². The number of nitro benzene ring substituents is 1. The molecule has 0 aliphatic carbocycles. The summed E-state index contributed by atoms with van der Waals surface area (Å²) in [4.78, 5) is 23.0. The smallest absolute Gasteiger partial charge is 0.315 e. The second-order valence-electron chi connectivity index (χ2n) is 5.91. The molecular weight excluding hydrogens is 437 g/mol. The summed E-state index contributed by atoms with van der Waals surface area (Å²) < 4.78 is 22.2. The molecule has 0 saturated carbocycles. The lowest BCUT2D eigenvalue weighted by Crippen LogP contribution is -2.20. The van der Waals surface area contributed by atoms with E-state index in [1.807, 2.05) is 0 Å². The van der Waals surface area contributed by atoms with Gasteiger partial charge in [-0.15, -0.1) is 10.2 Å². The van der Waals surface area contributed by atoms with Crippen molar-refractivity contribution in [1.29, 1.82) is 0 Å². The fourth-order valence-electron chi connectivity index (χ4n) is 2.95. The van der Waals surface area contributed by atoms with Crippen LogP contribution in [0, 0.1) is 15.9 Å². The molecule has 2 aromatic carbocycles. The van der Waals surface area contributed by atoms with Crippen LogP contribution in [0.2, 0.25) is 0 Å². The number of nitro groups is 1. The lowest BCUT2D eigenvalue weighted by Gasteiger charge is -2.10. The van der Waals surface area contributed by atoms with Gasteiger partial charge in [0.25, 0.3) is 5.56 Å². The Morgan fingerprint density at radius 3 is 2.79 bits per heavy atom. The Kier molecular flexibility index (Phi) is 4.30. The van der Waals surface area contributed by atoms with Crippen LogP contribution >= 0.6 is 15.9 Å². The van der Waals surface area contributed by atoms with Crippen LogP contribution in [-0.4, -0.2) is 24.1 Å². The summed E-state index contributed by atoms with van der Waals surface area (Å²) in [6.07, 6.45) is 0. The molecule has 0 aliphatic rings. The molecule has 0 spiro atoms. The number of aryl methyl sites for hydroxylation is 1. The van der Waals surface area contributed by atoms with E-state index in [1.165, 1.54) is 4.57 Å². The average molecular weight is 448 g/mol. The molecule has 0 unspecified atom stereocenters. The van der Waals surface area contributed by atoms with Crippen LogP contribution < -0.4 is 10.3 Å². The molecule has 9 nitrogen and oxygen atoms in total. The molecule has 0 fully saturated rings. The number of para-hydroxylation sites is 1. The molecule has 2 heterocycles. The van der Waals surface area contributed by atoms with Crippen molar-refractivity contribution in [2.24, 2.45) is 7.05 Å². The Hall–Kier alpha value is -3.34. The molecule has 0 N–H and O–H groups in total. The van der Waals surface area contributed by atoms with Gasteiger partial charge >= 0.3 is 5.69 Å². The zero-order chi connectivity index (χ0) is 20.0. The molecule has 0 bridgehead atoms. The van der Waals surface area contributed by atoms with Gasteiger partial charge in [-0.2, -0.15) is 0 Å². The Morgan fingerprint density at radius 1 is 1.29 bits per heavy atom. The molecule has 0 radical (unpaired) electrons. The maximum absolute atomic E-state index is 13.5. The van der Waals surface area contributed by atoms with Gasteiger partial charge in [0.2, 0.25) is 11.5 Å². The normalized spacial score (nSPS) is 11.2. The highest BCUT2D eigenvalue weighted by Crippen LogP contribution is 2.36. The molecule has 0 amide bonds. The van der Waals surface area contributed by atoms with E-state index in [0.29, 0.717) is 22.5 Å². The van der Waals surface area contributed by atoms with Gasteiger partial charge in [0.05, 0.1) is 26.4 Å². The van der Waals surface area contributed by atoms with E-state index in [4.69, 9.17) is 4.74 Å². The third-order valence-electron chi connectivity index (χ3n) is 4.22. The third-order valence-corrected chi connectivity index (χ3v) is 4.81. The van der Waals surface area contributed by atoms with Crippen molar-refractivity contribution in [2.45, 2.75) is 6.61 Å². The topological polar surface area (TPSA) is 105 Å². The van der Waals surface area contributed by atoms with Crippen LogP contribution in [0.15, 0.2) is 45.7 Å². The molecule has 4 rings (SSSR count). The van der Waals surface area contributed by atoms with E-state index in [0.717, 1.165) is 12.1 Å². The minimum absolute atomic E-state index is 0.102. The molecule has 0 atom stereocenters. The van der Waals surface area contributed by atoms with Crippen molar-refractivity contribution in [2.75, 3.05) is 0 Å². The van der Waals surface area contributed by atoms with E-state index >= 15 is 0 Å². The number of fused-ring (bicyclic) bond motifs is 3. The summed E-state index contributed by atoms with van der Waals surface area (Å²) in [5, 5.41) is 19.8. The Balaban J connectivity index is 1.83. The number of aromatic nitrogens is 4. The van der Waals surface area contributed by atoms with E-state index in [1.54, 1.807) is 35.7 Å². The number of benzene rings is 2. The largest absolute Gasteiger partial charge is 0.478 e. The van der Waals surface area contributed by atoms with Gasteiger partial charge < -0.3 is 4.74 Å². The van der Waals surface area contributed by atoms with Gasteiger partial charge in [-0.1, -0.05) is 12.1 Å². The molecule has 0 aliphatic heterocycles. The van der Waals surface area contributed by atoms with Crippen molar-refractivity contribution in [3.05, 3.63) is 73.0 Å². The highest BCUT2D eigenvalue weighted by molar-refractivity contribution is 9.10. The first-order valence-electron chi connectivity index (χ1n) is 7.96. The predicted octanol–water partition coefficient (Wildman–Crippen LogP) is 2.97. The molecular formula is C17H11BrFN5O4. The summed E-state index contributed by atoms with van der Waals surface area (Å²) in [5.74, 6) is -0.264. The van der Waals surface area contributed by atoms with Crippen molar-refractivity contribution < 1.29 is 14.1 Å². The van der Waals surface area contributed by atoms with E-state index in [9.17, 15) is 19.3 Å². The molecule has 142 valence electrons. The average Bonchev–Trinajstić information content (AvgIpc) is 3.09. The molecule has 11 heteroatoms. The number of halogens is 2. The zero-order valence-corrected chi connectivity index (χ0v) is 15.9. The maximum atomic E-state index is 13.5. The molecule has 4 aromatic rings. The second kappa shape index (κ2) is 6.68. The summed E-state index contributed by atoms with van der Waals surface area (Å²) >= 11 is 3.08. The van der Waals surface area contributed by atoms with E-state index in [-0.39, 0.29) is 22.4 Å². The van der Waals surface area contributed by atoms with Crippen molar-refractivity contribution >= 4 is 38.3 Å². The highest BCUT2D eigenvalue weighted by Gasteiger charge is 2.22. The lowest BCUT2D eigenvalue weighted by molar-refractivity contribution is -0.386. The van der Waals surface area contributed by atoms with Crippen LogP contribution in [0.4, 0.5) is 10.1 Å². The van der Waals surface area contributed by atoms with Gasteiger partial charge in [0.1, 0.15) is 12.4 Å². The summed E-state index contributed by atoms with van der Waals surface area (Å²) in [7, 11) is 1.57. The Labute approximate surface area is 164 Å². The fraction of sp³-hybridized carbons (Fsp3) is 0.118. The van der Waals surface area contributed by atoms with Crippen molar-refractivity contribution in [1.82, 2.24) is 19.2 Å². The Bertz CT molecular complexity index is 1320. The first-order valence-corrected chi connectivity index (χ1v) is 8.75. The number of ether oxygens (including phenoxy) is 1. The van der Waals surface area contributed by atoms with Crippen molar-refractivity contribution in [3.63, 3.8) is 0 Å². The number of hydrogen-bond donors (Lipinski definition) is 0. The SMILES string of the molecule is Cn1c(=O)c2ccccc2n2c(COc3c(Br)cc(F)cc3[N+](=O)[O-])nnc12. The first kappa shape index (κ1) is 18.0.